The highest BCUT2D eigenvalue weighted by molar-refractivity contribution is 5.87. The molecule has 17 heavy (non-hydrogen) atoms. The van der Waals surface area contributed by atoms with E-state index in [1.54, 1.807) is 13.0 Å². The molecule has 0 aliphatic heterocycles. The first kappa shape index (κ1) is 16.1. The van der Waals surface area contributed by atoms with Crippen molar-refractivity contribution >= 4 is 5.78 Å². The van der Waals surface area contributed by atoms with Crippen LogP contribution in [-0.2, 0) is 14.3 Å². The molecule has 0 saturated carbocycles. The summed E-state index contributed by atoms with van der Waals surface area (Å²) in [6.07, 6.45) is 1.65. The molecule has 0 unspecified atom stereocenters. The number of allylic oxidation sites excluding steroid dienone is 2. The fourth-order valence-corrected chi connectivity index (χ4v) is 1.49. The lowest BCUT2D eigenvalue weighted by Gasteiger charge is -2.25. The molecule has 0 aliphatic rings. The Morgan fingerprint density at radius 3 is 1.88 bits per heavy atom. The van der Waals surface area contributed by atoms with Gasteiger partial charge in [-0.25, -0.2) is 0 Å². The molecule has 0 aromatic heterocycles. The molecule has 0 fully saturated rings. The molecule has 0 heterocycles. The van der Waals surface area contributed by atoms with Crippen LogP contribution in [0.5, 0.6) is 0 Å². The molecule has 0 aromatic rings. The second-order valence-corrected chi connectivity index (χ2v) is 3.78. The summed E-state index contributed by atoms with van der Waals surface area (Å²) in [6, 6.07) is 0. The number of hydrogen-bond acceptors (Lipinski definition) is 4. The quantitative estimate of drug-likeness (QED) is 0.433. The third kappa shape index (κ3) is 8.89. The van der Waals surface area contributed by atoms with Gasteiger partial charge in [-0.05, 0) is 33.8 Å². The summed E-state index contributed by atoms with van der Waals surface area (Å²) < 4.78 is 10.7. The number of ether oxygens (including phenoxy) is 2. The monoisotopic (exact) mass is 243 g/mol. The highest BCUT2D eigenvalue weighted by atomic mass is 16.5. The topological polar surface area (TPSA) is 38.8 Å². The van der Waals surface area contributed by atoms with Crippen molar-refractivity contribution in [2.45, 2.75) is 27.7 Å². The van der Waals surface area contributed by atoms with Crippen LogP contribution in [0.3, 0.4) is 0 Å². The van der Waals surface area contributed by atoms with Crippen LogP contribution in [0.2, 0.25) is 0 Å². The summed E-state index contributed by atoms with van der Waals surface area (Å²) in [4.78, 5) is 13.2. The van der Waals surface area contributed by atoms with E-state index in [4.69, 9.17) is 9.47 Å². The van der Waals surface area contributed by atoms with Gasteiger partial charge >= 0.3 is 0 Å². The lowest BCUT2D eigenvalue weighted by atomic mass is 10.3. The van der Waals surface area contributed by atoms with Gasteiger partial charge in [-0.1, -0.05) is 0 Å². The molecular weight excluding hydrogens is 218 g/mol. The van der Waals surface area contributed by atoms with E-state index in [0.717, 1.165) is 32.0 Å². The third-order valence-corrected chi connectivity index (χ3v) is 2.33. The van der Waals surface area contributed by atoms with Gasteiger partial charge in [0, 0.05) is 32.0 Å². The molecule has 0 spiro atoms. The zero-order valence-corrected chi connectivity index (χ0v) is 11.5. The van der Waals surface area contributed by atoms with Crippen molar-refractivity contribution in [3.63, 3.8) is 0 Å². The normalized spacial score (nSPS) is 11.6. The van der Waals surface area contributed by atoms with E-state index in [2.05, 4.69) is 4.90 Å². The van der Waals surface area contributed by atoms with Crippen LogP contribution in [0.15, 0.2) is 11.8 Å². The lowest BCUT2D eigenvalue weighted by Crippen LogP contribution is -2.30. The molecule has 4 nitrogen and oxygen atoms in total. The van der Waals surface area contributed by atoms with Crippen molar-refractivity contribution in [3.8, 4) is 0 Å². The molecule has 0 atom stereocenters. The van der Waals surface area contributed by atoms with Gasteiger partial charge in [0.2, 0.25) is 0 Å². The first-order valence-electron chi connectivity index (χ1n) is 6.21. The second-order valence-electron chi connectivity index (χ2n) is 3.78. The molecule has 0 radical (unpaired) electrons. The molecule has 0 aliphatic carbocycles. The number of ketones is 1. The van der Waals surface area contributed by atoms with Crippen LogP contribution < -0.4 is 0 Å². The van der Waals surface area contributed by atoms with Crippen molar-refractivity contribution in [1.82, 2.24) is 4.90 Å². The second kappa shape index (κ2) is 10.3. The van der Waals surface area contributed by atoms with Gasteiger partial charge in [-0.2, -0.15) is 0 Å². The Balaban J connectivity index is 4.22. The average Bonchev–Trinajstić information content (AvgIpc) is 2.26. The molecule has 4 heteroatoms. The standard InChI is InChI=1S/C13H25NO3/c1-5-16-9-7-14(8-10-17-6-2)12(3)11-13(4)15/h11H,5-10H2,1-4H3/b12-11+. The SMILES string of the molecule is CCOCCN(CCOCC)/C(C)=C/C(C)=O. The van der Waals surface area contributed by atoms with Gasteiger partial charge < -0.3 is 14.4 Å². The number of carbonyl (C=O) groups is 1. The van der Waals surface area contributed by atoms with Crippen LogP contribution in [0.25, 0.3) is 0 Å². The molecule has 0 N–H and O–H groups in total. The number of nitrogens with zero attached hydrogens (tertiary/aromatic N) is 1. The van der Waals surface area contributed by atoms with E-state index in [0.29, 0.717) is 13.2 Å². The van der Waals surface area contributed by atoms with Gasteiger partial charge in [0.1, 0.15) is 0 Å². The van der Waals surface area contributed by atoms with Gasteiger partial charge in [0.15, 0.2) is 5.78 Å². The van der Waals surface area contributed by atoms with Crippen molar-refractivity contribution < 1.29 is 14.3 Å². The Kier molecular flexibility index (Phi) is 9.77. The fourth-order valence-electron chi connectivity index (χ4n) is 1.49. The molecule has 0 aromatic carbocycles. The summed E-state index contributed by atoms with van der Waals surface area (Å²) in [5.74, 6) is 0.0697. The third-order valence-electron chi connectivity index (χ3n) is 2.33. The van der Waals surface area contributed by atoms with Gasteiger partial charge in [0.25, 0.3) is 0 Å². The Bertz CT molecular complexity index is 229. The zero-order valence-electron chi connectivity index (χ0n) is 11.5. The zero-order chi connectivity index (χ0) is 13.1. The van der Waals surface area contributed by atoms with Crippen LogP contribution in [0.4, 0.5) is 0 Å². The van der Waals surface area contributed by atoms with E-state index in [9.17, 15) is 4.79 Å². The Hall–Kier alpha value is -0.870. The van der Waals surface area contributed by atoms with E-state index >= 15 is 0 Å². The van der Waals surface area contributed by atoms with E-state index in [1.165, 1.54) is 0 Å². The minimum atomic E-state index is 0.0697. The Labute approximate surface area is 105 Å². The van der Waals surface area contributed by atoms with Crippen molar-refractivity contribution in [2.75, 3.05) is 39.5 Å². The number of rotatable bonds is 10. The first-order valence-corrected chi connectivity index (χ1v) is 6.21. The van der Waals surface area contributed by atoms with Crippen LogP contribution >= 0.6 is 0 Å². The van der Waals surface area contributed by atoms with Crippen molar-refractivity contribution in [1.29, 1.82) is 0 Å². The minimum absolute atomic E-state index is 0.0697. The number of hydrogen-bond donors (Lipinski definition) is 0. The minimum Gasteiger partial charge on any atom is -0.380 e. The predicted octanol–water partition coefficient (Wildman–Crippen LogP) is 1.85. The van der Waals surface area contributed by atoms with Crippen LogP contribution in [-0.4, -0.2) is 50.2 Å². The predicted molar refractivity (Wildman–Crippen MR) is 69.0 cm³/mol. The van der Waals surface area contributed by atoms with E-state index in [-0.39, 0.29) is 5.78 Å². The molecule has 0 rings (SSSR count). The Morgan fingerprint density at radius 1 is 1.06 bits per heavy atom. The van der Waals surface area contributed by atoms with E-state index in [1.807, 2.05) is 20.8 Å². The van der Waals surface area contributed by atoms with Crippen LogP contribution in [0.1, 0.15) is 27.7 Å². The molecule has 100 valence electrons. The summed E-state index contributed by atoms with van der Waals surface area (Å²) in [5.41, 5.74) is 0.969. The highest BCUT2D eigenvalue weighted by Gasteiger charge is 2.06. The Morgan fingerprint density at radius 2 is 1.53 bits per heavy atom. The fraction of sp³-hybridized carbons (Fsp3) is 0.769. The maximum absolute atomic E-state index is 11.1. The molecule has 0 bridgehead atoms. The smallest absolute Gasteiger partial charge is 0.154 e. The lowest BCUT2D eigenvalue weighted by molar-refractivity contribution is -0.112. The van der Waals surface area contributed by atoms with E-state index < -0.39 is 0 Å². The van der Waals surface area contributed by atoms with Gasteiger partial charge in [0.05, 0.1) is 13.2 Å². The molecule has 0 amide bonds. The number of carbonyl (C=O) groups excluding carboxylic acids is 1. The summed E-state index contributed by atoms with van der Waals surface area (Å²) >= 11 is 0. The maximum atomic E-state index is 11.1. The van der Waals surface area contributed by atoms with Crippen LogP contribution in [0, 0.1) is 0 Å². The van der Waals surface area contributed by atoms with Gasteiger partial charge in [-0.3, -0.25) is 4.79 Å². The maximum Gasteiger partial charge on any atom is 0.154 e. The summed E-state index contributed by atoms with van der Waals surface area (Å²) in [5, 5.41) is 0. The highest BCUT2D eigenvalue weighted by Crippen LogP contribution is 2.03. The first-order chi connectivity index (χ1) is 8.11. The van der Waals surface area contributed by atoms with Gasteiger partial charge in [-0.15, -0.1) is 0 Å². The summed E-state index contributed by atoms with van der Waals surface area (Å²) in [7, 11) is 0. The van der Waals surface area contributed by atoms with Crippen molar-refractivity contribution in [3.05, 3.63) is 11.8 Å². The average molecular weight is 243 g/mol. The largest absolute Gasteiger partial charge is 0.380 e. The molecular formula is C13H25NO3. The molecule has 0 saturated heterocycles. The van der Waals surface area contributed by atoms with Crippen molar-refractivity contribution in [2.24, 2.45) is 0 Å². The summed E-state index contributed by atoms with van der Waals surface area (Å²) in [6.45, 7) is 11.8.